The molecule has 2 aromatic heterocycles. The molecule has 5 heteroatoms. The zero-order valence-electron chi connectivity index (χ0n) is 12.9. The molecule has 2 saturated heterocycles. The molecule has 0 spiro atoms. The Morgan fingerprint density at radius 3 is 3.09 bits per heavy atom. The second kappa shape index (κ2) is 6.59. The van der Waals surface area contributed by atoms with Gasteiger partial charge in [-0.3, -0.25) is 0 Å². The molecule has 2 aromatic rings. The van der Waals surface area contributed by atoms with Crippen LogP contribution in [0.3, 0.4) is 0 Å². The van der Waals surface area contributed by atoms with Crippen molar-refractivity contribution in [1.29, 1.82) is 0 Å². The first-order valence-electron chi connectivity index (χ1n) is 8.42. The van der Waals surface area contributed by atoms with Crippen LogP contribution in [0.5, 0.6) is 0 Å². The average molecular weight is 317 g/mol. The average Bonchev–Trinajstić information content (AvgIpc) is 2.95. The van der Waals surface area contributed by atoms with E-state index in [1.54, 1.807) is 0 Å². The maximum Gasteiger partial charge on any atom is 0.160 e. The van der Waals surface area contributed by atoms with Crippen molar-refractivity contribution in [3.63, 3.8) is 0 Å². The Morgan fingerprint density at radius 2 is 2.27 bits per heavy atom. The summed E-state index contributed by atoms with van der Waals surface area (Å²) >= 11 is 2.09. The molecule has 22 heavy (non-hydrogen) atoms. The fourth-order valence-corrected chi connectivity index (χ4v) is 4.70. The number of fused-ring (bicyclic) bond motifs is 1. The number of rotatable bonds is 3. The minimum Gasteiger partial charge on any atom is -0.370 e. The molecule has 2 aliphatic heterocycles. The van der Waals surface area contributed by atoms with Crippen LogP contribution in [-0.4, -0.2) is 32.6 Å². The van der Waals surface area contributed by atoms with Gasteiger partial charge in [-0.2, -0.15) is 11.8 Å². The Labute approximate surface area is 135 Å². The minimum absolute atomic E-state index is 0.152. The quantitative estimate of drug-likeness (QED) is 0.863. The van der Waals surface area contributed by atoms with Gasteiger partial charge in [0.15, 0.2) is 5.65 Å². The van der Waals surface area contributed by atoms with Crippen molar-refractivity contribution >= 4 is 22.9 Å². The summed E-state index contributed by atoms with van der Waals surface area (Å²) in [6.45, 7) is 1.90. The van der Waals surface area contributed by atoms with E-state index in [4.69, 9.17) is 9.72 Å². The molecular formula is C17H23N3OS. The Hall–Kier alpha value is -1.07. The van der Waals surface area contributed by atoms with E-state index >= 15 is 0 Å². The first-order valence-corrected chi connectivity index (χ1v) is 9.58. The Bertz CT molecular complexity index is 630. The summed E-state index contributed by atoms with van der Waals surface area (Å²) in [4.78, 5) is 9.47. The molecule has 2 fully saturated rings. The van der Waals surface area contributed by atoms with Crippen LogP contribution in [-0.2, 0) is 11.3 Å². The topological polar surface area (TPSA) is 39.9 Å². The van der Waals surface area contributed by atoms with E-state index in [1.807, 2.05) is 12.3 Å². The number of imidazole rings is 1. The van der Waals surface area contributed by atoms with Crippen LogP contribution >= 0.6 is 11.8 Å². The van der Waals surface area contributed by atoms with Crippen LogP contribution in [0.15, 0.2) is 18.3 Å². The molecule has 4 rings (SSSR count). The van der Waals surface area contributed by atoms with Gasteiger partial charge in [0.05, 0.1) is 0 Å². The van der Waals surface area contributed by atoms with E-state index in [1.165, 1.54) is 37.2 Å². The molecule has 4 nitrogen and oxygen atoms in total. The number of thioether (sulfide) groups is 1. The number of pyridine rings is 1. The smallest absolute Gasteiger partial charge is 0.160 e. The Kier molecular flexibility index (Phi) is 4.35. The summed E-state index contributed by atoms with van der Waals surface area (Å²) in [5.74, 6) is 4.42. The van der Waals surface area contributed by atoms with Crippen molar-refractivity contribution in [3.8, 4) is 0 Å². The third-order valence-electron chi connectivity index (χ3n) is 4.70. The lowest BCUT2D eigenvalue weighted by atomic mass is 10.0. The van der Waals surface area contributed by atoms with Gasteiger partial charge in [0.2, 0.25) is 0 Å². The lowest BCUT2D eigenvalue weighted by molar-refractivity contribution is 0.00725. The normalized spacial score (nSPS) is 26.4. The summed E-state index contributed by atoms with van der Waals surface area (Å²) in [6.07, 6.45) is 8.19. The molecule has 0 amide bonds. The molecule has 2 atom stereocenters. The maximum absolute atomic E-state index is 6.01. The third kappa shape index (κ3) is 2.88. The van der Waals surface area contributed by atoms with Crippen LogP contribution in [0.2, 0.25) is 0 Å². The molecular weight excluding hydrogens is 294 g/mol. The van der Waals surface area contributed by atoms with Gasteiger partial charge in [0, 0.05) is 19.3 Å². The zero-order valence-corrected chi connectivity index (χ0v) is 13.7. The van der Waals surface area contributed by atoms with Crippen molar-refractivity contribution < 1.29 is 4.74 Å². The fourth-order valence-electron chi connectivity index (χ4n) is 3.56. The highest BCUT2D eigenvalue weighted by Crippen LogP contribution is 2.31. The number of hydrogen-bond acceptors (Lipinski definition) is 4. The van der Waals surface area contributed by atoms with E-state index in [2.05, 4.69) is 27.4 Å². The van der Waals surface area contributed by atoms with E-state index < -0.39 is 0 Å². The van der Waals surface area contributed by atoms with Gasteiger partial charge >= 0.3 is 0 Å². The van der Waals surface area contributed by atoms with Crippen LogP contribution in [0.1, 0.15) is 44.0 Å². The lowest BCUT2D eigenvalue weighted by Crippen LogP contribution is -2.22. The van der Waals surface area contributed by atoms with Crippen molar-refractivity contribution in [1.82, 2.24) is 14.5 Å². The van der Waals surface area contributed by atoms with E-state index in [0.717, 1.165) is 42.5 Å². The van der Waals surface area contributed by atoms with Gasteiger partial charge < -0.3 is 9.30 Å². The van der Waals surface area contributed by atoms with Gasteiger partial charge in [-0.05, 0) is 61.7 Å². The molecule has 0 aliphatic carbocycles. The molecule has 0 saturated carbocycles. The zero-order chi connectivity index (χ0) is 14.8. The van der Waals surface area contributed by atoms with Crippen LogP contribution in [0, 0.1) is 5.92 Å². The summed E-state index contributed by atoms with van der Waals surface area (Å²) in [5, 5.41) is 0. The van der Waals surface area contributed by atoms with E-state index in [-0.39, 0.29) is 6.10 Å². The molecule has 0 N–H and O–H groups in total. The summed E-state index contributed by atoms with van der Waals surface area (Å²) in [6, 6.07) is 4.04. The second-order valence-electron chi connectivity index (χ2n) is 6.37. The molecule has 2 unspecified atom stereocenters. The minimum atomic E-state index is 0.152. The SMILES string of the molecule is c1cnc2c(c1)nc(C1CCCCO1)n2CC1CCCSC1. The van der Waals surface area contributed by atoms with Crippen LogP contribution < -0.4 is 0 Å². The monoisotopic (exact) mass is 317 g/mol. The summed E-state index contributed by atoms with van der Waals surface area (Å²) in [7, 11) is 0. The lowest BCUT2D eigenvalue weighted by Gasteiger charge is -2.26. The predicted molar refractivity (Wildman–Crippen MR) is 90.1 cm³/mol. The van der Waals surface area contributed by atoms with Gasteiger partial charge in [0.1, 0.15) is 17.4 Å². The fraction of sp³-hybridized carbons (Fsp3) is 0.647. The van der Waals surface area contributed by atoms with Crippen molar-refractivity contribution in [2.45, 2.75) is 44.8 Å². The first-order chi connectivity index (χ1) is 10.9. The molecule has 0 aromatic carbocycles. The van der Waals surface area contributed by atoms with Gasteiger partial charge in [0.25, 0.3) is 0 Å². The Balaban J connectivity index is 1.69. The highest BCUT2D eigenvalue weighted by molar-refractivity contribution is 7.99. The van der Waals surface area contributed by atoms with Crippen molar-refractivity contribution in [2.75, 3.05) is 18.1 Å². The third-order valence-corrected chi connectivity index (χ3v) is 5.98. The Morgan fingerprint density at radius 1 is 1.27 bits per heavy atom. The highest BCUT2D eigenvalue weighted by atomic mass is 32.2. The number of hydrogen-bond donors (Lipinski definition) is 0. The van der Waals surface area contributed by atoms with E-state index in [0.29, 0.717) is 0 Å². The maximum atomic E-state index is 6.01. The van der Waals surface area contributed by atoms with E-state index in [9.17, 15) is 0 Å². The van der Waals surface area contributed by atoms with Gasteiger partial charge in [-0.1, -0.05) is 0 Å². The van der Waals surface area contributed by atoms with Crippen molar-refractivity contribution in [2.24, 2.45) is 5.92 Å². The van der Waals surface area contributed by atoms with Crippen molar-refractivity contribution in [3.05, 3.63) is 24.2 Å². The molecule has 118 valence electrons. The second-order valence-corrected chi connectivity index (χ2v) is 7.51. The molecule has 0 bridgehead atoms. The molecule has 4 heterocycles. The molecule has 0 radical (unpaired) electrons. The molecule has 2 aliphatic rings. The first kappa shape index (κ1) is 14.5. The predicted octanol–water partition coefficient (Wildman–Crippen LogP) is 3.82. The van der Waals surface area contributed by atoms with Crippen LogP contribution in [0.25, 0.3) is 11.2 Å². The number of aromatic nitrogens is 3. The largest absolute Gasteiger partial charge is 0.370 e. The number of ether oxygens (including phenoxy) is 1. The highest BCUT2D eigenvalue weighted by Gasteiger charge is 2.25. The van der Waals surface area contributed by atoms with Crippen LogP contribution in [0.4, 0.5) is 0 Å². The summed E-state index contributed by atoms with van der Waals surface area (Å²) in [5.41, 5.74) is 2.04. The standard InChI is InChI=1S/C17H23N3OS/c1-2-9-21-15(7-1)17-19-14-6-3-8-18-16(14)20(17)11-13-5-4-10-22-12-13/h3,6,8,13,15H,1-2,4-5,7,9-12H2. The summed E-state index contributed by atoms with van der Waals surface area (Å²) < 4.78 is 8.36. The van der Waals surface area contributed by atoms with Gasteiger partial charge in [-0.25, -0.2) is 9.97 Å². The number of nitrogens with zero attached hydrogens (tertiary/aromatic N) is 3. The van der Waals surface area contributed by atoms with Gasteiger partial charge in [-0.15, -0.1) is 0 Å².